The Balaban J connectivity index is 2.27. The quantitative estimate of drug-likeness (QED) is 0.484. The number of rotatable bonds is 9. The summed E-state index contributed by atoms with van der Waals surface area (Å²) in [6.07, 6.45) is 1.31. The van der Waals surface area contributed by atoms with Crippen LogP contribution in [0.25, 0.3) is 6.08 Å². The summed E-state index contributed by atoms with van der Waals surface area (Å²) >= 11 is 0. The third kappa shape index (κ3) is 5.85. The van der Waals surface area contributed by atoms with Crippen LogP contribution in [0.5, 0.6) is 23.0 Å². The lowest BCUT2D eigenvalue weighted by Crippen LogP contribution is -2.13. The number of hydrogen-bond acceptors (Lipinski definition) is 6. The Bertz CT molecular complexity index is 970. The number of ether oxygens (including phenoxy) is 4. The van der Waals surface area contributed by atoms with Crippen molar-refractivity contribution in [1.82, 2.24) is 0 Å². The fourth-order valence-corrected chi connectivity index (χ4v) is 2.50. The van der Waals surface area contributed by atoms with Gasteiger partial charge in [0.25, 0.3) is 5.91 Å². The topological polar surface area (TPSA) is 89.8 Å². The summed E-state index contributed by atoms with van der Waals surface area (Å²) in [6.45, 7) is -1.10. The van der Waals surface area contributed by atoms with E-state index in [1.165, 1.54) is 38.5 Å². The monoisotopic (exact) mass is 418 g/mol. The van der Waals surface area contributed by atoms with Crippen LogP contribution in [0.3, 0.4) is 0 Å². The molecule has 0 unspecified atom stereocenters. The van der Waals surface area contributed by atoms with Crippen LogP contribution in [0.4, 0.5) is 14.5 Å². The van der Waals surface area contributed by atoms with Crippen molar-refractivity contribution in [3.63, 3.8) is 0 Å². The minimum atomic E-state index is -3.01. The van der Waals surface area contributed by atoms with Gasteiger partial charge in [0.1, 0.15) is 11.6 Å². The van der Waals surface area contributed by atoms with Crippen LogP contribution in [0.15, 0.2) is 42.0 Å². The SMILES string of the molecule is CCOc1cc(/C=C(\C#N)C(=O)Nc2ccc(OC)c(OC)c2)ccc1OC(F)F. The number of hydrogen-bond donors (Lipinski definition) is 1. The maximum absolute atomic E-state index is 12.5. The van der Waals surface area contributed by atoms with E-state index in [-0.39, 0.29) is 23.7 Å². The van der Waals surface area contributed by atoms with Gasteiger partial charge in [-0.05, 0) is 42.8 Å². The average molecular weight is 418 g/mol. The Labute approximate surface area is 172 Å². The van der Waals surface area contributed by atoms with Crippen molar-refractivity contribution in [2.24, 2.45) is 0 Å². The molecule has 2 aromatic rings. The molecular weight excluding hydrogens is 398 g/mol. The summed E-state index contributed by atoms with van der Waals surface area (Å²) in [5.74, 6) is 0.173. The number of benzene rings is 2. The van der Waals surface area contributed by atoms with Crippen molar-refractivity contribution in [2.45, 2.75) is 13.5 Å². The van der Waals surface area contributed by atoms with Crippen molar-refractivity contribution in [3.05, 3.63) is 47.5 Å². The highest BCUT2D eigenvalue weighted by molar-refractivity contribution is 6.09. The van der Waals surface area contributed by atoms with Gasteiger partial charge >= 0.3 is 6.61 Å². The van der Waals surface area contributed by atoms with Crippen LogP contribution >= 0.6 is 0 Å². The molecule has 0 spiro atoms. The van der Waals surface area contributed by atoms with Crippen molar-refractivity contribution in [1.29, 1.82) is 5.26 Å². The molecule has 0 atom stereocenters. The van der Waals surface area contributed by atoms with Crippen LogP contribution in [0.1, 0.15) is 12.5 Å². The standard InChI is InChI=1S/C21H20F2N2O5/c1-4-29-19-10-13(5-7-17(19)30-21(22)23)9-14(12-24)20(26)25-15-6-8-16(27-2)18(11-15)28-3/h5-11,21H,4H2,1-3H3,(H,25,26)/b14-9+. The minimum absolute atomic E-state index is 0.0733. The van der Waals surface area contributed by atoms with Crippen molar-refractivity contribution in [3.8, 4) is 29.1 Å². The van der Waals surface area contributed by atoms with Gasteiger partial charge in [0.2, 0.25) is 0 Å². The summed E-state index contributed by atoms with van der Waals surface area (Å²) in [5, 5.41) is 12.0. The first-order valence-electron chi connectivity index (χ1n) is 8.78. The number of amides is 1. The van der Waals surface area contributed by atoms with Gasteiger partial charge in [0.05, 0.1) is 20.8 Å². The van der Waals surface area contributed by atoms with Gasteiger partial charge < -0.3 is 24.3 Å². The highest BCUT2D eigenvalue weighted by atomic mass is 19.3. The zero-order valence-electron chi connectivity index (χ0n) is 16.6. The summed E-state index contributed by atoms with van der Waals surface area (Å²) in [6, 6.07) is 10.7. The summed E-state index contributed by atoms with van der Waals surface area (Å²) in [4.78, 5) is 12.5. The Morgan fingerprint density at radius 1 is 1.10 bits per heavy atom. The van der Waals surface area contributed by atoms with Gasteiger partial charge in [-0.1, -0.05) is 6.07 Å². The first-order valence-corrected chi connectivity index (χ1v) is 8.78. The van der Waals surface area contributed by atoms with E-state index in [1.54, 1.807) is 25.1 Å². The lowest BCUT2D eigenvalue weighted by Gasteiger charge is -2.12. The van der Waals surface area contributed by atoms with E-state index in [1.807, 2.05) is 6.07 Å². The molecule has 0 radical (unpaired) electrons. The third-order valence-electron chi connectivity index (χ3n) is 3.80. The molecule has 0 heterocycles. The average Bonchev–Trinajstić information content (AvgIpc) is 2.73. The van der Waals surface area contributed by atoms with Gasteiger partial charge in [-0.15, -0.1) is 0 Å². The van der Waals surface area contributed by atoms with Gasteiger partial charge in [0.15, 0.2) is 23.0 Å². The second-order valence-corrected chi connectivity index (χ2v) is 5.71. The molecule has 30 heavy (non-hydrogen) atoms. The fraction of sp³-hybridized carbons (Fsp3) is 0.238. The molecule has 2 rings (SSSR count). The van der Waals surface area contributed by atoms with E-state index < -0.39 is 12.5 Å². The van der Waals surface area contributed by atoms with Crippen molar-refractivity contribution < 1.29 is 32.5 Å². The zero-order valence-corrected chi connectivity index (χ0v) is 16.6. The Hall–Kier alpha value is -3.80. The van der Waals surface area contributed by atoms with E-state index in [2.05, 4.69) is 10.1 Å². The summed E-state index contributed by atoms with van der Waals surface area (Å²) in [5.41, 5.74) is 0.600. The van der Waals surface area contributed by atoms with Gasteiger partial charge in [-0.25, -0.2) is 0 Å². The van der Waals surface area contributed by atoms with Crippen LogP contribution in [0, 0.1) is 11.3 Å². The van der Waals surface area contributed by atoms with Crippen molar-refractivity contribution in [2.75, 3.05) is 26.1 Å². The number of nitriles is 1. The molecule has 0 aromatic heterocycles. The van der Waals surface area contributed by atoms with Crippen LogP contribution in [-0.4, -0.2) is 33.3 Å². The zero-order chi connectivity index (χ0) is 22.1. The second kappa shape index (κ2) is 10.7. The predicted octanol–water partition coefficient (Wildman–Crippen LogP) is 4.25. The largest absolute Gasteiger partial charge is 0.493 e. The number of carbonyl (C=O) groups excluding carboxylic acids is 1. The Morgan fingerprint density at radius 2 is 1.80 bits per heavy atom. The lowest BCUT2D eigenvalue weighted by molar-refractivity contribution is -0.112. The summed E-state index contributed by atoms with van der Waals surface area (Å²) < 4.78 is 45.1. The highest BCUT2D eigenvalue weighted by Gasteiger charge is 2.14. The number of methoxy groups -OCH3 is 2. The molecule has 0 aliphatic heterocycles. The Morgan fingerprint density at radius 3 is 2.40 bits per heavy atom. The van der Waals surface area contributed by atoms with Gasteiger partial charge in [-0.3, -0.25) is 4.79 Å². The molecule has 0 fully saturated rings. The minimum Gasteiger partial charge on any atom is -0.493 e. The lowest BCUT2D eigenvalue weighted by atomic mass is 10.1. The molecule has 2 aromatic carbocycles. The van der Waals surface area contributed by atoms with Crippen LogP contribution < -0.4 is 24.3 Å². The number of nitrogens with zero attached hydrogens (tertiary/aromatic N) is 1. The Kier molecular flexibility index (Phi) is 7.99. The second-order valence-electron chi connectivity index (χ2n) is 5.71. The van der Waals surface area contributed by atoms with E-state index in [0.29, 0.717) is 22.7 Å². The first-order chi connectivity index (χ1) is 14.4. The molecular formula is C21H20F2N2O5. The molecule has 1 N–H and O–H groups in total. The van der Waals surface area contributed by atoms with E-state index in [9.17, 15) is 18.8 Å². The third-order valence-corrected chi connectivity index (χ3v) is 3.80. The van der Waals surface area contributed by atoms with E-state index in [0.717, 1.165) is 0 Å². The van der Waals surface area contributed by atoms with Gasteiger partial charge in [-0.2, -0.15) is 14.0 Å². The fourth-order valence-electron chi connectivity index (χ4n) is 2.50. The molecule has 0 saturated carbocycles. The smallest absolute Gasteiger partial charge is 0.387 e. The summed E-state index contributed by atoms with van der Waals surface area (Å²) in [7, 11) is 2.95. The maximum atomic E-state index is 12.5. The first kappa shape index (κ1) is 22.5. The number of carbonyl (C=O) groups is 1. The number of nitrogens with one attached hydrogen (secondary N) is 1. The molecule has 9 heteroatoms. The number of anilines is 1. The molecule has 0 aliphatic carbocycles. The van der Waals surface area contributed by atoms with E-state index in [4.69, 9.17) is 14.2 Å². The highest BCUT2D eigenvalue weighted by Crippen LogP contribution is 2.31. The maximum Gasteiger partial charge on any atom is 0.387 e. The normalized spacial score (nSPS) is 10.9. The molecule has 1 amide bonds. The number of halogens is 2. The van der Waals surface area contributed by atoms with E-state index >= 15 is 0 Å². The molecule has 0 saturated heterocycles. The molecule has 158 valence electrons. The number of alkyl halides is 2. The van der Waals surface area contributed by atoms with Crippen LogP contribution in [-0.2, 0) is 4.79 Å². The molecule has 0 bridgehead atoms. The molecule has 7 nitrogen and oxygen atoms in total. The van der Waals surface area contributed by atoms with Gasteiger partial charge in [0, 0.05) is 11.8 Å². The predicted molar refractivity (Wildman–Crippen MR) is 106 cm³/mol. The van der Waals surface area contributed by atoms with Crippen molar-refractivity contribution >= 4 is 17.7 Å². The van der Waals surface area contributed by atoms with Crippen LogP contribution in [0.2, 0.25) is 0 Å². The molecule has 0 aliphatic rings.